The summed E-state index contributed by atoms with van der Waals surface area (Å²) in [6.07, 6.45) is -0.264. The van der Waals surface area contributed by atoms with Crippen LogP contribution in [0.1, 0.15) is 33.2 Å². The maximum atomic E-state index is 8.14. The summed E-state index contributed by atoms with van der Waals surface area (Å²) >= 11 is 0. The molecule has 0 spiro atoms. The van der Waals surface area contributed by atoms with E-state index in [1.165, 1.54) is 0 Å². The zero-order valence-electron chi connectivity index (χ0n) is 16.6. The predicted molar refractivity (Wildman–Crippen MR) is 84.0 cm³/mol. The highest BCUT2D eigenvalue weighted by Crippen LogP contribution is 2.37. The van der Waals surface area contributed by atoms with Gasteiger partial charge in [-0.3, -0.25) is 4.98 Å². The van der Waals surface area contributed by atoms with Gasteiger partial charge in [-0.25, -0.2) is 0 Å². The molecule has 21 heavy (non-hydrogen) atoms. The van der Waals surface area contributed by atoms with Gasteiger partial charge in [0.25, 0.3) is 0 Å². The van der Waals surface area contributed by atoms with Crippen LogP contribution in [0.15, 0.2) is 30.4 Å². The zero-order chi connectivity index (χ0) is 18.6. The van der Waals surface area contributed by atoms with Crippen molar-refractivity contribution in [1.82, 2.24) is 4.98 Å². The minimum absolute atomic E-state index is 0.0733. The molecule has 0 aliphatic carbocycles. The third-order valence-electron chi connectivity index (χ3n) is 4.30. The van der Waals surface area contributed by atoms with Crippen LogP contribution in [0.3, 0.4) is 0 Å². The topological polar surface area (TPSA) is 40.6 Å². The van der Waals surface area contributed by atoms with Crippen molar-refractivity contribution in [3.63, 3.8) is 0 Å². The largest absolute Gasteiger partial charge is 0.515 e. The first-order valence-corrected chi connectivity index (χ1v) is 6.85. The van der Waals surface area contributed by atoms with Crippen molar-refractivity contribution in [3.8, 4) is 5.75 Å². The van der Waals surface area contributed by atoms with Crippen LogP contribution in [0.25, 0.3) is 10.8 Å². The molecule has 0 atom stereocenters. The Bertz CT molecular complexity index is 807. The number of rotatable bonds is 2. The maximum Gasteiger partial charge on any atom is 0.515 e. The zero-order valence-corrected chi connectivity index (χ0v) is 12.6. The second kappa shape index (κ2) is 4.72. The summed E-state index contributed by atoms with van der Waals surface area (Å²) in [7, 11) is -3.41. The Morgan fingerprint density at radius 1 is 1.14 bits per heavy atom. The molecule has 1 aliphatic heterocycles. The van der Waals surface area contributed by atoms with Crippen LogP contribution in [-0.2, 0) is 9.31 Å². The summed E-state index contributed by atoms with van der Waals surface area (Å²) in [4.78, 5) is 4.24. The molecule has 0 bridgehead atoms. The normalized spacial score (nSPS) is 23.3. The molecule has 2 aromatic rings. The molecule has 3 rings (SSSR count). The minimum Gasteiger partial charge on any atom is -0.494 e. The van der Waals surface area contributed by atoms with E-state index >= 15 is 0 Å². The first-order valence-electron chi connectivity index (χ1n) is 8.85. The van der Waals surface area contributed by atoms with Gasteiger partial charge < -0.3 is 14.0 Å². The van der Waals surface area contributed by atoms with E-state index in [1.54, 1.807) is 18.2 Å². The molecule has 1 saturated heterocycles. The van der Waals surface area contributed by atoms with Crippen molar-refractivity contribution in [1.29, 1.82) is 0 Å². The maximum absolute atomic E-state index is 8.14. The Hall–Kier alpha value is -1.59. The van der Waals surface area contributed by atoms with E-state index in [4.69, 9.17) is 19.5 Å². The molecule has 0 amide bonds. The number of hydrogen-bond donors (Lipinski definition) is 0. The van der Waals surface area contributed by atoms with Crippen molar-refractivity contribution < 1.29 is 19.5 Å². The summed E-state index contributed by atoms with van der Waals surface area (Å²) < 4.78 is 47.2. The lowest BCUT2D eigenvalue weighted by atomic mass is 9.81. The molecule has 110 valence electrons. The molecule has 1 aliphatic rings. The fraction of sp³-hybridized carbons (Fsp3) is 0.438. The fourth-order valence-corrected chi connectivity index (χ4v) is 2.35. The second-order valence-electron chi connectivity index (χ2n) is 6.17. The quantitative estimate of drug-likeness (QED) is 0.797. The van der Waals surface area contributed by atoms with Gasteiger partial charge in [0.2, 0.25) is 0 Å². The number of nitrogens with zero attached hydrogens (tertiary/aromatic N) is 1. The summed E-state index contributed by atoms with van der Waals surface area (Å²) in [5.74, 6) is -0.0733. The van der Waals surface area contributed by atoms with E-state index in [-0.39, 0.29) is 11.9 Å². The third kappa shape index (κ3) is 2.21. The van der Waals surface area contributed by atoms with Crippen LogP contribution in [0.5, 0.6) is 5.75 Å². The Balaban J connectivity index is 2.15. The highest BCUT2D eigenvalue weighted by molar-refractivity contribution is 6.64. The standard InChI is InChI=1S/C16H20BNO3/c1-15(2)16(3,4)21-17(20-15)14-12-9-7-6-8-11(12)13(19-5)10-18-14/h6-10H,1-5H3/i5D3,10D. The number of methoxy groups -OCH3 is 1. The molecule has 0 radical (unpaired) electrons. The van der Waals surface area contributed by atoms with Gasteiger partial charge in [0, 0.05) is 10.8 Å². The van der Waals surface area contributed by atoms with Gasteiger partial charge in [-0.15, -0.1) is 0 Å². The molecular formula is C16H20BNO3. The number of fused-ring (bicyclic) bond motifs is 1. The van der Waals surface area contributed by atoms with E-state index in [9.17, 15) is 0 Å². The van der Waals surface area contributed by atoms with Crippen LogP contribution in [0, 0.1) is 0 Å². The van der Waals surface area contributed by atoms with Crippen molar-refractivity contribution in [2.24, 2.45) is 0 Å². The molecule has 5 heteroatoms. The summed E-state index contributed by atoms with van der Waals surface area (Å²) in [5, 5.41) is 1.12. The van der Waals surface area contributed by atoms with Crippen LogP contribution in [0.4, 0.5) is 0 Å². The number of benzene rings is 1. The van der Waals surface area contributed by atoms with Crippen LogP contribution < -0.4 is 10.3 Å². The van der Waals surface area contributed by atoms with E-state index in [0.717, 1.165) is 0 Å². The highest BCUT2D eigenvalue weighted by Gasteiger charge is 2.52. The molecule has 0 unspecified atom stereocenters. The Kier molecular flexibility index (Phi) is 2.29. The molecule has 1 aromatic heterocycles. The number of ether oxygens (including phenoxy) is 1. The van der Waals surface area contributed by atoms with Gasteiger partial charge in [-0.2, -0.15) is 0 Å². The number of aromatic nitrogens is 1. The van der Waals surface area contributed by atoms with E-state index in [2.05, 4.69) is 4.98 Å². The number of hydrogen-bond acceptors (Lipinski definition) is 4. The lowest BCUT2D eigenvalue weighted by molar-refractivity contribution is 0.00578. The second-order valence-corrected chi connectivity index (χ2v) is 6.17. The van der Waals surface area contributed by atoms with Crippen molar-refractivity contribution >= 4 is 23.5 Å². The highest BCUT2D eigenvalue weighted by atomic mass is 16.7. The molecule has 2 heterocycles. The van der Waals surface area contributed by atoms with Gasteiger partial charge in [0.05, 0.1) is 35.5 Å². The predicted octanol–water partition coefficient (Wildman–Crippen LogP) is 2.54. The average Bonchev–Trinajstić information content (AvgIpc) is 2.69. The molecule has 1 aromatic carbocycles. The molecule has 0 saturated carbocycles. The Labute approximate surface area is 131 Å². The van der Waals surface area contributed by atoms with Gasteiger partial charge in [-0.05, 0) is 27.7 Å². The molecule has 4 nitrogen and oxygen atoms in total. The van der Waals surface area contributed by atoms with E-state index in [0.29, 0.717) is 16.4 Å². The van der Waals surface area contributed by atoms with E-state index < -0.39 is 25.4 Å². The minimum atomic E-state index is -2.66. The molecule has 1 fully saturated rings. The van der Waals surface area contributed by atoms with Crippen molar-refractivity contribution in [3.05, 3.63) is 30.4 Å². The van der Waals surface area contributed by atoms with Crippen molar-refractivity contribution in [2.75, 3.05) is 7.04 Å². The molecular weight excluding hydrogens is 265 g/mol. The SMILES string of the molecule is [2H]c1nc(B2OC(C)(C)C(C)(C)O2)c2ccccc2c1OC([2H])([2H])[2H]. The monoisotopic (exact) mass is 289 g/mol. The van der Waals surface area contributed by atoms with Gasteiger partial charge in [0.15, 0.2) is 0 Å². The van der Waals surface area contributed by atoms with Gasteiger partial charge in [-0.1, -0.05) is 24.3 Å². The van der Waals surface area contributed by atoms with Gasteiger partial charge in [0.1, 0.15) is 5.75 Å². The van der Waals surface area contributed by atoms with Gasteiger partial charge >= 0.3 is 7.12 Å². The smallest absolute Gasteiger partial charge is 0.494 e. The summed E-state index contributed by atoms with van der Waals surface area (Å²) in [6, 6.07) is 7.04. The van der Waals surface area contributed by atoms with Crippen LogP contribution in [-0.4, -0.2) is 30.3 Å². The Morgan fingerprint density at radius 3 is 2.38 bits per heavy atom. The number of pyridine rings is 1. The molecule has 0 N–H and O–H groups in total. The summed E-state index contributed by atoms with van der Waals surface area (Å²) in [6.45, 7) is 7.73. The van der Waals surface area contributed by atoms with Crippen LogP contribution >= 0.6 is 0 Å². The van der Waals surface area contributed by atoms with Crippen LogP contribution in [0.2, 0.25) is 0 Å². The average molecular weight is 289 g/mol. The third-order valence-corrected chi connectivity index (χ3v) is 4.30. The lowest BCUT2D eigenvalue weighted by Crippen LogP contribution is -2.41. The van der Waals surface area contributed by atoms with E-state index in [1.807, 2.05) is 33.8 Å². The lowest BCUT2D eigenvalue weighted by Gasteiger charge is -2.32. The fourth-order valence-electron chi connectivity index (χ4n) is 2.35. The van der Waals surface area contributed by atoms with Crippen molar-refractivity contribution in [2.45, 2.75) is 38.9 Å². The Morgan fingerprint density at radius 2 is 1.76 bits per heavy atom. The first-order chi connectivity index (χ1) is 11.4. The summed E-state index contributed by atoms with van der Waals surface area (Å²) in [5.41, 5.74) is -0.648. The first kappa shape index (κ1) is 10.2.